The number of rotatable bonds is 5. The maximum absolute atomic E-state index is 12.2. The van der Waals surface area contributed by atoms with E-state index in [9.17, 15) is 9.59 Å². The van der Waals surface area contributed by atoms with Crippen LogP contribution in [0.5, 0.6) is 0 Å². The van der Waals surface area contributed by atoms with Crippen LogP contribution < -0.4 is 10.6 Å². The minimum atomic E-state index is -0.542. The summed E-state index contributed by atoms with van der Waals surface area (Å²) in [5, 5.41) is 10.5. The molecule has 2 N–H and O–H groups in total. The normalized spacial score (nSPS) is 19.6. The van der Waals surface area contributed by atoms with E-state index in [1.165, 1.54) is 10.7 Å². The number of hydrogen-bond donors (Lipinski definition) is 2. The first-order chi connectivity index (χ1) is 13.8. The third kappa shape index (κ3) is 5.36. The van der Waals surface area contributed by atoms with Gasteiger partial charge in [0.2, 0.25) is 0 Å². The zero-order valence-electron chi connectivity index (χ0n) is 17.4. The minimum absolute atomic E-state index is 0.0141. The summed E-state index contributed by atoms with van der Waals surface area (Å²) in [7, 11) is 0. The van der Waals surface area contributed by atoms with Crippen LogP contribution in [0.25, 0.3) is 5.65 Å². The lowest BCUT2D eigenvalue weighted by Crippen LogP contribution is -2.49. The molecule has 0 saturated heterocycles. The van der Waals surface area contributed by atoms with Crippen molar-refractivity contribution in [3.8, 4) is 0 Å². The van der Waals surface area contributed by atoms with Gasteiger partial charge < -0.3 is 20.1 Å². The second kappa shape index (κ2) is 8.67. The van der Waals surface area contributed by atoms with Crippen LogP contribution >= 0.6 is 0 Å². The number of anilines is 1. The van der Waals surface area contributed by atoms with Crippen molar-refractivity contribution >= 4 is 23.5 Å². The third-order valence-electron chi connectivity index (χ3n) is 4.67. The summed E-state index contributed by atoms with van der Waals surface area (Å²) >= 11 is 0. The van der Waals surface area contributed by atoms with Crippen LogP contribution in [0.3, 0.4) is 0 Å². The van der Waals surface area contributed by atoms with Crippen LogP contribution in [0, 0.1) is 0 Å². The number of nitrogens with zero attached hydrogens (tertiary/aromatic N) is 3. The Labute approximate surface area is 170 Å². The summed E-state index contributed by atoms with van der Waals surface area (Å²) in [5.74, 6) is 0.167. The van der Waals surface area contributed by atoms with Gasteiger partial charge in [-0.05, 0) is 46.6 Å². The molecule has 1 amide bonds. The molecule has 2 aromatic heterocycles. The number of fused-ring (bicyclic) bond motifs is 1. The van der Waals surface area contributed by atoms with E-state index in [2.05, 4.69) is 20.7 Å². The third-order valence-corrected chi connectivity index (χ3v) is 4.67. The van der Waals surface area contributed by atoms with Gasteiger partial charge in [-0.25, -0.2) is 19.1 Å². The monoisotopic (exact) mass is 403 g/mol. The summed E-state index contributed by atoms with van der Waals surface area (Å²) < 4.78 is 12.0. The average molecular weight is 403 g/mol. The standard InChI is InChI=1S/C20H29N5O4/c1-5-28-18(26)13-12-21-25-11-10-16(24-17(13)25)22-14-8-6-7-9-15(14)23-19(27)29-20(2,3)4/h10-12,14-15H,5-9H2,1-4H3,(H,22,24)(H,23,27)/t14-,15+/m1/s1. The van der Waals surface area contributed by atoms with Crippen molar-refractivity contribution in [2.75, 3.05) is 11.9 Å². The van der Waals surface area contributed by atoms with Crippen molar-refractivity contribution < 1.29 is 19.1 Å². The molecule has 0 aliphatic heterocycles. The Morgan fingerprint density at radius 1 is 1.24 bits per heavy atom. The number of carbonyl (C=O) groups excluding carboxylic acids is 2. The van der Waals surface area contributed by atoms with Gasteiger partial charge in [0.05, 0.1) is 18.8 Å². The highest BCUT2D eigenvalue weighted by atomic mass is 16.6. The molecular formula is C20H29N5O4. The molecule has 2 heterocycles. The van der Waals surface area contributed by atoms with Gasteiger partial charge in [0.15, 0.2) is 5.65 Å². The van der Waals surface area contributed by atoms with Gasteiger partial charge in [-0.15, -0.1) is 0 Å². The van der Waals surface area contributed by atoms with Gasteiger partial charge in [-0.1, -0.05) is 12.8 Å². The van der Waals surface area contributed by atoms with E-state index in [0.717, 1.165) is 25.7 Å². The molecule has 2 aromatic rings. The number of nitrogens with one attached hydrogen (secondary N) is 2. The predicted octanol–water partition coefficient (Wildman–Crippen LogP) is 3.15. The van der Waals surface area contributed by atoms with Crippen LogP contribution in [-0.2, 0) is 9.47 Å². The molecule has 1 aliphatic rings. The summed E-state index contributed by atoms with van der Waals surface area (Å²) in [6, 6.07) is 1.75. The van der Waals surface area contributed by atoms with Crippen LogP contribution in [0.15, 0.2) is 18.5 Å². The Kier molecular flexibility index (Phi) is 6.24. The molecule has 0 unspecified atom stereocenters. The van der Waals surface area contributed by atoms with Crippen molar-refractivity contribution in [1.82, 2.24) is 19.9 Å². The summed E-state index contributed by atoms with van der Waals surface area (Å²) in [6.45, 7) is 7.57. The molecule has 0 bridgehead atoms. The molecule has 0 aromatic carbocycles. The molecule has 29 heavy (non-hydrogen) atoms. The van der Waals surface area contributed by atoms with Gasteiger partial charge >= 0.3 is 12.1 Å². The van der Waals surface area contributed by atoms with Crippen LogP contribution in [0.4, 0.5) is 10.6 Å². The molecular weight excluding hydrogens is 374 g/mol. The largest absolute Gasteiger partial charge is 0.462 e. The lowest BCUT2D eigenvalue weighted by atomic mass is 9.90. The van der Waals surface area contributed by atoms with Gasteiger partial charge in [0.1, 0.15) is 17.0 Å². The number of amides is 1. The SMILES string of the molecule is CCOC(=O)c1cnn2ccc(N[C@@H]3CCCC[C@@H]3NC(=O)OC(C)(C)C)nc12. The highest BCUT2D eigenvalue weighted by Crippen LogP contribution is 2.23. The number of esters is 1. The van der Waals surface area contributed by atoms with E-state index in [0.29, 0.717) is 17.0 Å². The van der Waals surface area contributed by atoms with Crippen LogP contribution in [0.1, 0.15) is 63.7 Å². The zero-order valence-corrected chi connectivity index (χ0v) is 17.4. The Balaban J connectivity index is 1.74. The number of alkyl carbamates (subject to hydrolysis) is 1. The summed E-state index contributed by atoms with van der Waals surface area (Å²) in [4.78, 5) is 28.9. The maximum atomic E-state index is 12.2. The second-order valence-corrected chi connectivity index (χ2v) is 8.15. The summed E-state index contributed by atoms with van der Waals surface area (Å²) in [5.41, 5.74) is 0.211. The topological polar surface area (TPSA) is 107 Å². The molecule has 1 aliphatic carbocycles. The molecule has 9 heteroatoms. The van der Waals surface area contributed by atoms with E-state index in [1.807, 2.05) is 20.8 Å². The molecule has 0 radical (unpaired) electrons. The predicted molar refractivity (Wildman–Crippen MR) is 108 cm³/mol. The Morgan fingerprint density at radius 2 is 1.97 bits per heavy atom. The van der Waals surface area contributed by atoms with Gasteiger partial charge in [-0.2, -0.15) is 5.10 Å². The highest BCUT2D eigenvalue weighted by Gasteiger charge is 2.29. The van der Waals surface area contributed by atoms with Gasteiger partial charge in [-0.3, -0.25) is 0 Å². The molecule has 0 spiro atoms. The average Bonchev–Trinajstić information content (AvgIpc) is 3.05. The number of ether oxygens (including phenoxy) is 2. The fraction of sp³-hybridized carbons (Fsp3) is 0.600. The fourth-order valence-electron chi connectivity index (χ4n) is 3.43. The van der Waals surface area contributed by atoms with Gasteiger partial charge in [0.25, 0.3) is 0 Å². The van der Waals surface area contributed by atoms with Crippen molar-refractivity contribution in [3.05, 3.63) is 24.0 Å². The van der Waals surface area contributed by atoms with Crippen LogP contribution in [0.2, 0.25) is 0 Å². The van der Waals surface area contributed by atoms with E-state index in [4.69, 9.17) is 9.47 Å². The Bertz CT molecular complexity index is 873. The number of aromatic nitrogens is 3. The lowest BCUT2D eigenvalue weighted by Gasteiger charge is -2.33. The first-order valence-corrected chi connectivity index (χ1v) is 10.0. The van der Waals surface area contributed by atoms with Crippen molar-refractivity contribution in [3.63, 3.8) is 0 Å². The van der Waals surface area contributed by atoms with Crippen molar-refractivity contribution in [2.45, 2.75) is 71.1 Å². The smallest absolute Gasteiger partial charge is 0.407 e. The summed E-state index contributed by atoms with van der Waals surface area (Å²) in [6.07, 6.45) is 6.65. The minimum Gasteiger partial charge on any atom is -0.462 e. The number of carbonyl (C=O) groups is 2. The lowest BCUT2D eigenvalue weighted by molar-refractivity contribution is 0.0486. The Hall–Kier alpha value is -2.84. The first kappa shape index (κ1) is 20.9. The van der Waals surface area contributed by atoms with E-state index < -0.39 is 17.7 Å². The highest BCUT2D eigenvalue weighted by molar-refractivity contribution is 5.95. The first-order valence-electron chi connectivity index (χ1n) is 10.0. The second-order valence-electron chi connectivity index (χ2n) is 8.15. The van der Waals surface area contributed by atoms with E-state index >= 15 is 0 Å². The fourth-order valence-corrected chi connectivity index (χ4v) is 3.43. The Morgan fingerprint density at radius 3 is 2.66 bits per heavy atom. The molecule has 1 fully saturated rings. The maximum Gasteiger partial charge on any atom is 0.407 e. The molecule has 1 saturated carbocycles. The van der Waals surface area contributed by atoms with Crippen LogP contribution in [-0.4, -0.2) is 51.0 Å². The number of hydrogen-bond acceptors (Lipinski definition) is 7. The molecule has 2 atom stereocenters. The molecule has 3 rings (SSSR count). The van der Waals surface area contributed by atoms with E-state index in [1.54, 1.807) is 19.2 Å². The zero-order chi connectivity index (χ0) is 21.0. The van der Waals surface area contributed by atoms with E-state index in [-0.39, 0.29) is 18.7 Å². The van der Waals surface area contributed by atoms with Crippen molar-refractivity contribution in [2.24, 2.45) is 0 Å². The molecule has 9 nitrogen and oxygen atoms in total. The van der Waals surface area contributed by atoms with Crippen molar-refractivity contribution in [1.29, 1.82) is 0 Å². The quantitative estimate of drug-likeness (QED) is 0.739. The van der Waals surface area contributed by atoms with Gasteiger partial charge in [0, 0.05) is 12.2 Å². The molecule has 158 valence electrons.